The summed E-state index contributed by atoms with van der Waals surface area (Å²) in [6, 6.07) is 32.5. The molecule has 0 bridgehead atoms. The predicted octanol–water partition coefficient (Wildman–Crippen LogP) is 8.53. The van der Waals surface area contributed by atoms with E-state index in [-0.39, 0.29) is 10.8 Å². The first-order valence-electron chi connectivity index (χ1n) is 12.3. The van der Waals surface area contributed by atoms with Gasteiger partial charge in [0.25, 0.3) is 0 Å². The van der Waals surface area contributed by atoms with E-state index in [1.54, 1.807) is 12.1 Å². The summed E-state index contributed by atoms with van der Waals surface area (Å²) in [5.41, 5.74) is 6.53. The molecule has 0 fully saturated rings. The summed E-state index contributed by atoms with van der Waals surface area (Å²) < 4.78 is 11.0. The lowest BCUT2D eigenvalue weighted by Gasteiger charge is -2.27. The molecule has 0 aliphatic carbocycles. The molecule has 0 aliphatic heterocycles. The summed E-state index contributed by atoms with van der Waals surface area (Å²) in [5, 5.41) is 0. The number of ether oxygens (including phenoxy) is 2. The summed E-state index contributed by atoms with van der Waals surface area (Å²) in [7, 11) is 0. The van der Waals surface area contributed by atoms with Gasteiger partial charge in [0.2, 0.25) is 0 Å². The third kappa shape index (κ3) is 5.36. The van der Waals surface area contributed by atoms with E-state index in [9.17, 15) is 4.79 Å². The van der Waals surface area contributed by atoms with Crippen molar-refractivity contribution in [2.24, 2.45) is 0 Å². The molecule has 0 atom stereocenters. The van der Waals surface area contributed by atoms with Crippen molar-refractivity contribution in [1.29, 1.82) is 0 Å². The Morgan fingerprint density at radius 2 is 1.08 bits per heavy atom. The fourth-order valence-electron chi connectivity index (χ4n) is 4.46. The molecular weight excluding hydrogens is 444 g/mol. The lowest BCUT2D eigenvalue weighted by Crippen LogP contribution is -2.20. The van der Waals surface area contributed by atoms with Crippen LogP contribution in [0, 0.1) is 13.8 Å². The molecule has 0 unspecified atom stereocenters. The molecule has 0 spiro atoms. The second kappa shape index (κ2) is 10.0. The van der Waals surface area contributed by atoms with Crippen LogP contribution in [0.3, 0.4) is 0 Å². The lowest BCUT2D eigenvalue weighted by molar-refractivity contribution is 0.151. The van der Waals surface area contributed by atoms with Crippen molar-refractivity contribution in [3.8, 4) is 11.5 Å². The summed E-state index contributed by atoms with van der Waals surface area (Å²) in [5.74, 6) is 0.938. The van der Waals surface area contributed by atoms with Crippen LogP contribution in [0.25, 0.3) is 0 Å². The Labute approximate surface area is 214 Å². The number of benzene rings is 4. The molecule has 184 valence electrons. The van der Waals surface area contributed by atoms with Gasteiger partial charge in [0, 0.05) is 10.8 Å². The van der Waals surface area contributed by atoms with Gasteiger partial charge in [-0.15, -0.1) is 0 Å². The van der Waals surface area contributed by atoms with Crippen molar-refractivity contribution < 1.29 is 14.3 Å². The van der Waals surface area contributed by atoms with Crippen LogP contribution in [-0.2, 0) is 10.8 Å². The van der Waals surface area contributed by atoms with Crippen LogP contribution in [0.4, 0.5) is 4.79 Å². The van der Waals surface area contributed by atoms with Gasteiger partial charge in [0.1, 0.15) is 11.5 Å². The largest absolute Gasteiger partial charge is 0.519 e. The highest BCUT2D eigenvalue weighted by Gasteiger charge is 2.25. The number of hydrogen-bond acceptors (Lipinski definition) is 3. The van der Waals surface area contributed by atoms with E-state index in [0.29, 0.717) is 11.5 Å². The van der Waals surface area contributed by atoms with Crippen LogP contribution >= 0.6 is 0 Å². The topological polar surface area (TPSA) is 35.5 Å². The predicted molar refractivity (Wildman–Crippen MR) is 146 cm³/mol. The van der Waals surface area contributed by atoms with Crippen molar-refractivity contribution >= 4 is 6.16 Å². The zero-order valence-corrected chi connectivity index (χ0v) is 22.0. The molecule has 3 nitrogen and oxygen atoms in total. The molecule has 0 aliphatic rings. The van der Waals surface area contributed by atoms with E-state index in [4.69, 9.17) is 9.47 Å². The standard InChI is InChI=1S/C33H34O3/c1-23-12-14-26(15-13-23)33(5,6)28-18-21-30(24(2)22-28)36-31(34)35-29-19-16-27(17-20-29)32(3,4)25-10-8-7-9-11-25/h7-22H,1-6H3. The number of rotatable bonds is 6. The average Bonchev–Trinajstić information content (AvgIpc) is 2.86. The van der Waals surface area contributed by atoms with Gasteiger partial charge in [-0.3, -0.25) is 0 Å². The Bertz CT molecular complexity index is 1330. The monoisotopic (exact) mass is 478 g/mol. The highest BCUT2D eigenvalue weighted by atomic mass is 16.7. The Balaban J connectivity index is 1.43. The first-order chi connectivity index (χ1) is 17.1. The third-order valence-electron chi connectivity index (χ3n) is 7.14. The molecule has 0 saturated carbocycles. The molecular formula is C33H34O3. The third-order valence-corrected chi connectivity index (χ3v) is 7.14. The highest BCUT2D eigenvalue weighted by Crippen LogP contribution is 2.35. The first-order valence-corrected chi connectivity index (χ1v) is 12.3. The fraction of sp³-hybridized carbons (Fsp3) is 0.242. The highest BCUT2D eigenvalue weighted by molar-refractivity contribution is 5.68. The Morgan fingerprint density at radius 1 is 0.583 bits per heavy atom. The van der Waals surface area contributed by atoms with Crippen LogP contribution in [0.2, 0.25) is 0 Å². The van der Waals surface area contributed by atoms with Gasteiger partial charge in [-0.1, -0.05) is 112 Å². The van der Waals surface area contributed by atoms with Crippen LogP contribution < -0.4 is 9.47 Å². The van der Waals surface area contributed by atoms with E-state index < -0.39 is 6.16 Å². The van der Waals surface area contributed by atoms with Crippen molar-refractivity contribution in [1.82, 2.24) is 0 Å². The molecule has 36 heavy (non-hydrogen) atoms. The van der Waals surface area contributed by atoms with Gasteiger partial charge in [-0.2, -0.15) is 0 Å². The number of carbonyl (C=O) groups excluding carboxylic acids is 1. The van der Waals surface area contributed by atoms with Crippen LogP contribution in [0.1, 0.15) is 61.1 Å². The van der Waals surface area contributed by atoms with Crippen molar-refractivity contribution in [3.63, 3.8) is 0 Å². The molecule has 4 rings (SSSR count). The van der Waals surface area contributed by atoms with Crippen molar-refractivity contribution in [2.75, 3.05) is 0 Å². The van der Waals surface area contributed by atoms with Gasteiger partial charge in [0.05, 0.1) is 0 Å². The fourth-order valence-corrected chi connectivity index (χ4v) is 4.46. The molecule has 4 aromatic rings. The van der Waals surface area contributed by atoms with Crippen LogP contribution in [0.15, 0.2) is 97.1 Å². The maximum Gasteiger partial charge on any atom is 0.519 e. The lowest BCUT2D eigenvalue weighted by atomic mass is 9.77. The summed E-state index contributed by atoms with van der Waals surface area (Å²) in [6.45, 7) is 12.8. The van der Waals surface area contributed by atoms with E-state index in [2.05, 4.69) is 77.1 Å². The molecule has 0 radical (unpaired) electrons. The van der Waals surface area contributed by atoms with Crippen LogP contribution in [-0.4, -0.2) is 6.16 Å². The number of hydrogen-bond donors (Lipinski definition) is 0. The van der Waals surface area contributed by atoms with Gasteiger partial charge >= 0.3 is 6.16 Å². The SMILES string of the molecule is Cc1ccc(C(C)(C)c2ccc(OC(=O)Oc3ccc(C(C)(C)c4ccccc4)cc3)c(C)c2)cc1. The van der Waals surface area contributed by atoms with Crippen molar-refractivity contribution in [2.45, 2.75) is 52.4 Å². The maximum absolute atomic E-state index is 12.5. The molecule has 0 heterocycles. The average molecular weight is 479 g/mol. The smallest absolute Gasteiger partial charge is 0.395 e. The van der Waals surface area contributed by atoms with Gasteiger partial charge < -0.3 is 9.47 Å². The minimum absolute atomic E-state index is 0.161. The molecule has 3 heteroatoms. The normalized spacial score (nSPS) is 11.7. The second-order valence-electron chi connectivity index (χ2n) is 10.4. The zero-order chi connectivity index (χ0) is 25.9. The summed E-state index contributed by atoms with van der Waals surface area (Å²) >= 11 is 0. The first kappa shape index (κ1) is 25.2. The van der Waals surface area contributed by atoms with E-state index >= 15 is 0 Å². The Hall–Kier alpha value is -3.85. The molecule has 0 N–H and O–H groups in total. The Morgan fingerprint density at radius 3 is 1.67 bits per heavy atom. The van der Waals surface area contributed by atoms with E-state index in [1.807, 2.05) is 49.4 Å². The van der Waals surface area contributed by atoms with Crippen molar-refractivity contribution in [3.05, 3.63) is 130 Å². The molecule has 4 aromatic carbocycles. The molecule has 0 aromatic heterocycles. The zero-order valence-electron chi connectivity index (χ0n) is 22.0. The maximum atomic E-state index is 12.5. The molecule has 0 amide bonds. The van der Waals surface area contributed by atoms with E-state index in [0.717, 1.165) is 16.7 Å². The summed E-state index contributed by atoms with van der Waals surface area (Å²) in [6.07, 6.45) is -0.751. The molecule has 0 saturated heterocycles. The van der Waals surface area contributed by atoms with Gasteiger partial charge in [-0.25, -0.2) is 4.79 Å². The quantitative estimate of drug-likeness (QED) is 0.206. The minimum atomic E-state index is -0.751. The minimum Gasteiger partial charge on any atom is -0.395 e. The summed E-state index contributed by atoms with van der Waals surface area (Å²) in [4.78, 5) is 12.5. The van der Waals surface area contributed by atoms with Gasteiger partial charge in [0.15, 0.2) is 0 Å². The van der Waals surface area contributed by atoms with Gasteiger partial charge in [-0.05, 0) is 59.9 Å². The van der Waals surface area contributed by atoms with Crippen LogP contribution in [0.5, 0.6) is 11.5 Å². The number of carbonyl (C=O) groups is 1. The Kier molecular flexibility index (Phi) is 7.03. The number of aryl methyl sites for hydroxylation is 2. The van der Waals surface area contributed by atoms with E-state index in [1.165, 1.54) is 16.7 Å². The second-order valence-corrected chi connectivity index (χ2v) is 10.4.